The van der Waals surface area contributed by atoms with Crippen LogP contribution >= 0.6 is 0 Å². The van der Waals surface area contributed by atoms with Crippen LogP contribution in [0.5, 0.6) is 0 Å². The average molecular weight is 180 g/mol. The molecule has 0 radical (unpaired) electrons. The Balaban J connectivity index is 4.11. The Morgan fingerprint density at radius 2 is 1.55 bits per heavy atom. The van der Waals surface area contributed by atoms with Gasteiger partial charge in [-0.25, -0.2) is 0 Å². The molecule has 0 heterocycles. The Morgan fingerprint density at radius 1 is 1.18 bits per heavy atom. The van der Waals surface area contributed by atoms with E-state index in [2.05, 4.69) is 0 Å². The van der Waals surface area contributed by atoms with E-state index < -0.39 is 15.4 Å². The first-order chi connectivity index (χ1) is 5.02. The van der Waals surface area contributed by atoms with Gasteiger partial charge in [-0.05, 0) is 12.8 Å². The third-order valence-electron chi connectivity index (χ3n) is 1.64. The predicted octanol–water partition coefficient (Wildman–Crippen LogP) is 1.84. The maximum absolute atomic E-state index is 10.7. The van der Waals surface area contributed by atoms with Gasteiger partial charge in [-0.1, -0.05) is 26.7 Å². The summed E-state index contributed by atoms with van der Waals surface area (Å²) >= 11 is 0. The molecule has 3 nitrogen and oxygen atoms in total. The van der Waals surface area contributed by atoms with Crippen LogP contribution < -0.4 is 0 Å². The fourth-order valence-electron chi connectivity index (χ4n) is 1.09. The first kappa shape index (κ1) is 10.9. The monoisotopic (exact) mass is 180 g/mol. The zero-order valence-corrected chi connectivity index (χ0v) is 7.89. The molecule has 11 heavy (non-hydrogen) atoms. The van der Waals surface area contributed by atoms with Crippen molar-refractivity contribution in [2.45, 2.75) is 44.8 Å². The van der Waals surface area contributed by atoms with E-state index in [-0.39, 0.29) is 0 Å². The lowest BCUT2D eigenvalue weighted by Crippen LogP contribution is -2.19. The largest absolute Gasteiger partial charge is 0.285 e. The summed E-state index contributed by atoms with van der Waals surface area (Å²) in [4.78, 5) is 0. The predicted molar refractivity (Wildman–Crippen MR) is 45.2 cm³/mol. The number of hydrogen-bond acceptors (Lipinski definition) is 2. The molecule has 68 valence electrons. The summed E-state index contributed by atoms with van der Waals surface area (Å²) in [7, 11) is -3.79. The highest BCUT2D eigenvalue weighted by Gasteiger charge is 2.20. The van der Waals surface area contributed by atoms with Gasteiger partial charge in [0.25, 0.3) is 10.1 Å². The second kappa shape index (κ2) is 4.72. The second-order valence-corrected chi connectivity index (χ2v) is 4.41. The molecule has 0 saturated carbocycles. The molecule has 0 amide bonds. The van der Waals surface area contributed by atoms with Gasteiger partial charge in [0.2, 0.25) is 0 Å². The van der Waals surface area contributed by atoms with Gasteiger partial charge in [0.15, 0.2) is 0 Å². The van der Waals surface area contributed by atoms with Gasteiger partial charge in [0.1, 0.15) is 0 Å². The third-order valence-corrected chi connectivity index (χ3v) is 2.96. The van der Waals surface area contributed by atoms with Gasteiger partial charge in [-0.15, -0.1) is 0 Å². The summed E-state index contributed by atoms with van der Waals surface area (Å²) in [6.45, 7) is 3.82. The van der Waals surface area contributed by atoms with Crippen LogP contribution in [0.3, 0.4) is 0 Å². The lowest BCUT2D eigenvalue weighted by molar-refractivity contribution is 0.453. The molecule has 1 N–H and O–H groups in total. The van der Waals surface area contributed by atoms with Gasteiger partial charge >= 0.3 is 0 Å². The zero-order valence-electron chi connectivity index (χ0n) is 7.08. The molecule has 0 rings (SSSR count). The summed E-state index contributed by atoms with van der Waals surface area (Å²) in [5.41, 5.74) is 0. The number of rotatable bonds is 5. The SMILES string of the molecule is CCCC(CCC)S(=O)(=O)O. The van der Waals surface area contributed by atoms with E-state index in [0.717, 1.165) is 12.8 Å². The van der Waals surface area contributed by atoms with Crippen LogP contribution in [-0.4, -0.2) is 18.2 Å². The van der Waals surface area contributed by atoms with Crippen LogP contribution in [0, 0.1) is 0 Å². The zero-order chi connectivity index (χ0) is 8.91. The molecule has 0 fully saturated rings. The minimum absolute atomic E-state index is 0.544. The Labute approximate surface area is 68.6 Å². The highest BCUT2D eigenvalue weighted by atomic mass is 32.2. The van der Waals surface area contributed by atoms with Crippen LogP contribution in [-0.2, 0) is 10.1 Å². The van der Waals surface area contributed by atoms with E-state index in [1.165, 1.54) is 0 Å². The minimum Gasteiger partial charge on any atom is -0.285 e. The van der Waals surface area contributed by atoms with E-state index in [1.54, 1.807) is 0 Å². The molecule has 0 bridgehead atoms. The second-order valence-electron chi connectivity index (χ2n) is 2.71. The van der Waals surface area contributed by atoms with Gasteiger partial charge in [0, 0.05) is 0 Å². The molecular formula is C7H16O3S. The molecule has 0 aromatic rings. The van der Waals surface area contributed by atoms with Crippen molar-refractivity contribution in [1.82, 2.24) is 0 Å². The molecule has 0 aliphatic heterocycles. The maximum Gasteiger partial charge on any atom is 0.267 e. The van der Waals surface area contributed by atoms with Crippen LogP contribution in [0.15, 0.2) is 0 Å². The van der Waals surface area contributed by atoms with E-state index in [4.69, 9.17) is 4.55 Å². The maximum atomic E-state index is 10.7. The Bertz CT molecular complexity index is 178. The van der Waals surface area contributed by atoms with Crippen LogP contribution in [0.4, 0.5) is 0 Å². The van der Waals surface area contributed by atoms with Crippen molar-refractivity contribution in [3.8, 4) is 0 Å². The topological polar surface area (TPSA) is 54.4 Å². The summed E-state index contributed by atoms with van der Waals surface area (Å²) < 4.78 is 30.0. The van der Waals surface area contributed by atoms with Crippen molar-refractivity contribution in [1.29, 1.82) is 0 Å². The van der Waals surface area contributed by atoms with Crippen molar-refractivity contribution in [3.63, 3.8) is 0 Å². The quantitative estimate of drug-likeness (QED) is 0.657. The highest BCUT2D eigenvalue weighted by molar-refractivity contribution is 7.86. The lowest BCUT2D eigenvalue weighted by atomic mass is 10.2. The standard InChI is InChI=1S/C7H16O3S/c1-3-5-7(6-4-2)11(8,9)10/h7H,3-6H2,1-2H3,(H,8,9,10). The Kier molecular flexibility index (Phi) is 4.68. The average Bonchev–Trinajstić information content (AvgIpc) is 1.85. The lowest BCUT2D eigenvalue weighted by Gasteiger charge is -2.10. The van der Waals surface area contributed by atoms with E-state index in [9.17, 15) is 8.42 Å². The first-order valence-corrected chi connectivity index (χ1v) is 5.49. The fourth-order valence-corrected chi connectivity index (χ4v) is 2.15. The van der Waals surface area contributed by atoms with Gasteiger partial charge < -0.3 is 0 Å². The molecule has 0 aromatic heterocycles. The summed E-state index contributed by atoms with van der Waals surface area (Å²) in [5, 5.41) is -0.544. The van der Waals surface area contributed by atoms with Crippen molar-refractivity contribution in [2.75, 3.05) is 0 Å². The minimum atomic E-state index is -3.79. The fraction of sp³-hybridized carbons (Fsp3) is 1.00. The molecule has 0 spiro atoms. The molecular weight excluding hydrogens is 164 g/mol. The van der Waals surface area contributed by atoms with Crippen molar-refractivity contribution in [2.24, 2.45) is 0 Å². The molecule has 0 unspecified atom stereocenters. The molecule has 0 atom stereocenters. The van der Waals surface area contributed by atoms with Gasteiger partial charge in [0.05, 0.1) is 5.25 Å². The van der Waals surface area contributed by atoms with Crippen LogP contribution in [0.2, 0.25) is 0 Å². The number of hydrogen-bond donors (Lipinski definition) is 1. The molecule has 0 aromatic carbocycles. The summed E-state index contributed by atoms with van der Waals surface area (Å²) in [6.07, 6.45) is 2.72. The van der Waals surface area contributed by atoms with E-state index in [0.29, 0.717) is 12.8 Å². The van der Waals surface area contributed by atoms with Gasteiger partial charge in [-0.2, -0.15) is 8.42 Å². The summed E-state index contributed by atoms with van der Waals surface area (Å²) in [5.74, 6) is 0. The van der Waals surface area contributed by atoms with Crippen molar-refractivity contribution < 1.29 is 13.0 Å². The molecule has 0 aliphatic rings. The Morgan fingerprint density at radius 3 is 1.73 bits per heavy atom. The van der Waals surface area contributed by atoms with E-state index >= 15 is 0 Å². The molecule has 4 heteroatoms. The van der Waals surface area contributed by atoms with Crippen LogP contribution in [0.1, 0.15) is 39.5 Å². The smallest absolute Gasteiger partial charge is 0.267 e. The van der Waals surface area contributed by atoms with E-state index in [1.807, 2.05) is 13.8 Å². The molecule has 0 aliphatic carbocycles. The van der Waals surface area contributed by atoms with Gasteiger partial charge in [-0.3, -0.25) is 4.55 Å². The third kappa shape index (κ3) is 4.37. The summed E-state index contributed by atoms with van der Waals surface area (Å²) in [6, 6.07) is 0. The van der Waals surface area contributed by atoms with Crippen LogP contribution in [0.25, 0.3) is 0 Å². The Hall–Kier alpha value is -0.0900. The van der Waals surface area contributed by atoms with Crippen molar-refractivity contribution >= 4 is 10.1 Å². The highest BCUT2D eigenvalue weighted by Crippen LogP contribution is 2.12. The first-order valence-electron chi connectivity index (χ1n) is 3.98. The normalized spacial score (nSPS) is 12.4. The molecule has 0 saturated heterocycles. The van der Waals surface area contributed by atoms with Crippen molar-refractivity contribution in [3.05, 3.63) is 0 Å².